The van der Waals surface area contributed by atoms with E-state index in [1.54, 1.807) is 0 Å². The Kier molecular flexibility index (Phi) is 4.60. The Morgan fingerprint density at radius 2 is 2.15 bits per heavy atom. The molecule has 2 aromatic rings. The van der Waals surface area contributed by atoms with Crippen LogP contribution in [0.2, 0.25) is 0 Å². The lowest BCUT2D eigenvalue weighted by atomic mass is 10.1. The molecule has 20 heavy (non-hydrogen) atoms. The molecule has 4 nitrogen and oxygen atoms in total. The van der Waals surface area contributed by atoms with Crippen molar-refractivity contribution in [1.29, 1.82) is 0 Å². The number of benzene rings is 1. The van der Waals surface area contributed by atoms with E-state index in [9.17, 15) is 4.79 Å². The van der Waals surface area contributed by atoms with E-state index in [0.717, 1.165) is 33.4 Å². The molecule has 0 radical (unpaired) electrons. The van der Waals surface area contributed by atoms with E-state index < -0.39 is 0 Å². The van der Waals surface area contributed by atoms with Crippen LogP contribution in [0.4, 0.5) is 0 Å². The Labute approximate surface area is 127 Å². The van der Waals surface area contributed by atoms with Gasteiger partial charge in [0.05, 0.1) is 16.7 Å². The van der Waals surface area contributed by atoms with Crippen LogP contribution in [0.1, 0.15) is 34.1 Å². The zero-order chi connectivity index (χ0) is 14.7. The Hall–Kier alpha value is -1.62. The number of rotatable bonds is 4. The Bertz CT molecular complexity index is 634. The molecule has 106 valence electrons. The van der Waals surface area contributed by atoms with Gasteiger partial charge in [-0.2, -0.15) is 5.10 Å². The van der Waals surface area contributed by atoms with Gasteiger partial charge in [0.1, 0.15) is 0 Å². The molecule has 0 spiro atoms. The lowest BCUT2D eigenvalue weighted by Crippen LogP contribution is -2.24. The number of aryl methyl sites for hydroxylation is 3. The lowest BCUT2D eigenvalue weighted by molar-refractivity contribution is 0.0949. The van der Waals surface area contributed by atoms with Crippen molar-refractivity contribution >= 4 is 21.8 Å². The third kappa shape index (κ3) is 3.28. The summed E-state index contributed by atoms with van der Waals surface area (Å²) < 4.78 is 2.75. The molecule has 0 fully saturated rings. The highest BCUT2D eigenvalue weighted by Gasteiger charge is 2.11. The summed E-state index contributed by atoms with van der Waals surface area (Å²) in [6.45, 7) is 7.17. The van der Waals surface area contributed by atoms with Gasteiger partial charge in [0.2, 0.25) is 0 Å². The molecule has 1 aromatic heterocycles. The average molecular weight is 336 g/mol. The first-order valence-electron chi connectivity index (χ1n) is 6.58. The van der Waals surface area contributed by atoms with E-state index in [2.05, 4.69) is 26.3 Å². The second-order valence-corrected chi connectivity index (χ2v) is 5.63. The summed E-state index contributed by atoms with van der Waals surface area (Å²) in [5, 5.41) is 7.31. The number of carbonyl (C=O) groups excluding carboxylic acids is 1. The molecule has 0 aliphatic rings. The van der Waals surface area contributed by atoms with Gasteiger partial charge in [0.25, 0.3) is 5.91 Å². The maximum Gasteiger partial charge on any atom is 0.251 e. The second-order valence-electron chi connectivity index (χ2n) is 4.78. The fourth-order valence-corrected chi connectivity index (χ4v) is 2.41. The second kappa shape index (κ2) is 6.22. The van der Waals surface area contributed by atoms with Gasteiger partial charge in [0.15, 0.2) is 0 Å². The van der Waals surface area contributed by atoms with Crippen molar-refractivity contribution in [2.24, 2.45) is 0 Å². The first-order chi connectivity index (χ1) is 9.51. The Morgan fingerprint density at radius 1 is 1.40 bits per heavy atom. The summed E-state index contributed by atoms with van der Waals surface area (Å²) in [6.07, 6.45) is 1.92. The van der Waals surface area contributed by atoms with Crippen LogP contribution in [0.3, 0.4) is 0 Å². The van der Waals surface area contributed by atoms with E-state index in [0.29, 0.717) is 6.54 Å². The summed E-state index contributed by atoms with van der Waals surface area (Å²) in [4.78, 5) is 12.2. The summed E-state index contributed by atoms with van der Waals surface area (Å²) in [5.41, 5.74) is 3.62. The molecule has 0 atom stereocenters. The SMILES string of the molecule is CCn1cc(Br)c(CNC(=O)c2cc(C)ccc2C)n1. The molecule has 5 heteroatoms. The van der Waals surface area contributed by atoms with Crippen LogP contribution in [0.25, 0.3) is 0 Å². The fraction of sp³-hybridized carbons (Fsp3) is 0.333. The van der Waals surface area contributed by atoms with E-state index in [1.807, 2.05) is 49.8 Å². The third-order valence-electron chi connectivity index (χ3n) is 3.17. The third-order valence-corrected chi connectivity index (χ3v) is 3.83. The standard InChI is InChI=1S/C15H18BrN3O/c1-4-19-9-13(16)14(18-19)8-17-15(20)12-7-10(2)5-6-11(12)3/h5-7,9H,4,8H2,1-3H3,(H,17,20). The van der Waals surface area contributed by atoms with Crippen molar-refractivity contribution < 1.29 is 4.79 Å². The number of halogens is 1. The van der Waals surface area contributed by atoms with Gasteiger partial charge >= 0.3 is 0 Å². The minimum atomic E-state index is -0.0656. The number of hydrogen-bond donors (Lipinski definition) is 1. The highest BCUT2D eigenvalue weighted by atomic mass is 79.9. The predicted octanol–water partition coefficient (Wildman–Crippen LogP) is 3.21. The molecule has 1 N–H and O–H groups in total. The van der Waals surface area contributed by atoms with Gasteiger partial charge in [-0.25, -0.2) is 0 Å². The zero-order valence-corrected chi connectivity index (χ0v) is 13.5. The Balaban J connectivity index is 2.08. The van der Waals surface area contributed by atoms with Gasteiger partial charge in [-0.1, -0.05) is 17.7 Å². The topological polar surface area (TPSA) is 46.9 Å². The molecule has 0 aliphatic carbocycles. The summed E-state index contributed by atoms with van der Waals surface area (Å²) in [5.74, 6) is -0.0656. The average Bonchev–Trinajstić information content (AvgIpc) is 2.79. The van der Waals surface area contributed by atoms with Crippen molar-refractivity contribution in [2.75, 3.05) is 0 Å². The molecule has 1 aromatic carbocycles. The van der Waals surface area contributed by atoms with Crippen molar-refractivity contribution in [2.45, 2.75) is 33.9 Å². The summed E-state index contributed by atoms with van der Waals surface area (Å²) in [7, 11) is 0. The van der Waals surface area contributed by atoms with Crippen molar-refractivity contribution in [3.63, 3.8) is 0 Å². The van der Waals surface area contributed by atoms with Gasteiger partial charge in [-0.15, -0.1) is 0 Å². The van der Waals surface area contributed by atoms with Crippen LogP contribution in [-0.4, -0.2) is 15.7 Å². The quantitative estimate of drug-likeness (QED) is 0.932. The van der Waals surface area contributed by atoms with Crippen LogP contribution in [0.5, 0.6) is 0 Å². The highest BCUT2D eigenvalue weighted by Crippen LogP contribution is 2.15. The maximum atomic E-state index is 12.2. The lowest BCUT2D eigenvalue weighted by Gasteiger charge is -2.07. The normalized spacial score (nSPS) is 10.6. The summed E-state index contributed by atoms with van der Waals surface area (Å²) in [6, 6.07) is 5.88. The van der Waals surface area contributed by atoms with Gasteiger partial charge in [-0.05, 0) is 48.3 Å². The number of amides is 1. The zero-order valence-electron chi connectivity index (χ0n) is 11.9. The molecular formula is C15H18BrN3O. The molecule has 0 aliphatic heterocycles. The van der Waals surface area contributed by atoms with Crippen LogP contribution in [0.15, 0.2) is 28.9 Å². The van der Waals surface area contributed by atoms with E-state index in [1.165, 1.54) is 0 Å². The van der Waals surface area contributed by atoms with Gasteiger partial charge < -0.3 is 5.32 Å². The van der Waals surface area contributed by atoms with Gasteiger partial charge in [-0.3, -0.25) is 9.48 Å². The van der Waals surface area contributed by atoms with E-state index in [-0.39, 0.29) is 5.91 Å². The first kappa shape index (κ1) is 14.8. The number of hydrogen-bond acceptors (Lipinski definition) is 2. The number of nitrogens with zero attached hydrogens (tertiary/aromatic N) is 2. The van der Waals surface area contributed by atoms with Crippen molar-refractivity contribution in [3.8, 4) is 0 Å². The van der Waals surface area contributed by atoms with E-state index >= 15 is 0 Å². The summed E-state index contributed by atoms with van der Waals surface area (Å²) >= 11 is 3.46. The monoisotopic (exact) mass is 335 g/mol. The number of nitrogens with one attached hydrogen (secondary N) is 1. The van der Waals surface area contributed by atoms with Crippen LogP contribution >= 0.6 is 15.9 Å². The van der Waals surface area contributed by atoms with Crippen molar-refractivity contribution in [3.05, 3.63) is 51.3 Å². The predicted molar refractivity (Wildman–Crippen MR) is 82.7 cm³/mol. The largest absolute Gasteiger partial charge is 0.346 e. The number of carbonyl (C=O) groups is 1. The van der Waals surface area contributed by atoms with Gasteiger partial charge in [0, 0.05) is 18.3 Å². The van der Waals surface area contributed by atoms with Crippen LogP contribution < -0.4 is 5.32 Å². The molecule has 0 saturated carbocycles. The van der Waals surface area contributed by atoms with Crippen LogP contribution in [0, 0.1) is 13.8 Å². The fourth-order valence-electron chi connectivity index (χ4n) is 1.96. The Morgan fingerprint density at radius 3 is 2.80 bits per heavy atom. The highest BCUT2D eigenvalue weighted by molar-refractivity contribution is 9.10. The molecule has 0 unspecified atom stereocenters. The molecule has 2 rings (SSSR count). The molecular weight excluding hydrogens is 318 g/mol. The smallest absolute Gasteiger partial charge is 0.251 e. The minimum absolute atomic E-state index is 0.0656. The molecule has 1 heterocycles. The maximum absolute atomic E-state index is 12.2. The molecule has 0 saturated heterocycles. The van der Waals surface area contributed by atoms with E-state index in [4.69, 9.17) is 0 Å². The minimum Gasteiger partial charge on any atom is -0.346 e. The first-order valence-corrected chi connectivity index (χ1v) is 7.38. The molecule has 1 amide bonds. The van der Waals surface area contributed by atoms with Crippen molar-refractivity contribution in [1.82, 2.24) is 15.1 Å². The number of aromatic nitrogens is 2. The van der Waals surface area contributed by atoms with Crippen LogP contribution in [-0.2, 0) is 13.1 Å². The molecule has 0 bridgehead atoms.